The lowest BCUT2D eigenvalue weighted by atomic mass is 10.1. The standard InChI is InChI=1S/C21H21N3O2/c1-15-8-9-17(12-16(15)2)23-18-10-11-20(22-13-18)24-21(25)14-26-19-6-4-3-5-7-19/h3-13,23H,14H2,1-2H3,(H,22,24,25). The fourth-order valence-electron chi connectivity index (χ4n) is 2.37. The molecule has 26 heavy (non-hydrogen) atoms. The van der Waals surface area contributed by atoms with Gasteiger partial charge in [-0.15, -0.1) is 0 Å². The van der Waals surface area contributed by atoms with Crippen LogP contribution in [0.25, 0.3) is 0 Å². The molecule has 3 aromatic rings. The third-order valence-electron chi connectivity index (χ3n) is 3.94. The van der Waals surface area contributed by atoms with Crippen LogP contribution in [0.3, 0.4) is 0 Å². The molecule has 3 rings (SSSR count). The number of benzene rings is 2. The fraction of sp³-hybridized carbons (Fsp3) is 0.143. The topological polar surface area (TPSA) is 63.2 Å². The maximum Gasteiger partial charge on any atom is 0.263 e. The lowest BCUT2D eigenvalue weighted by Crippen LogP contribution is -2.20. The van der Waals surface area contributed by atoms with Crippen molar-refractivity contribution in [3.63, 3.8) is 0 Å². The minimum Gasteiger partial charge on any atom is -0.484 e. The highest BCUT2D eigenvalue weighted by atomic mass is 16.5. The lowest BCUT2D eigenvalue weighted by Gasteiger charge is -2.10. The molecule has 5 nitrogen and oxygen atoms in total. The monoisotopic (exact) mass is 347 g/mol. The van der Waals surface area contributed by atoms with Crippen molar-refractivity contribution < 1.29 is 9.53 Å². The van der Waals surface area contributed by atoms with Crippen molar-refractivity contribution in [2.75, 3.05) is 17.2 Å². The first-order chi connectivity index (χ1) is 12.6. The van der Waals surface area contributed by atoms with Gasteiger partial charge in [0.1, 0.15) is 11.6 Å². The largest absolute Gasteiger partial charge is 0.484 e. The van der Waals surface area contributed by atoms with Gasteiger partial charge < -0.3 is 15.4 Å². The number of aromatic nitrogens is 1. The van der Waals surface area contributed by atoms with Gasteiger partial charge in [0.2, 0.25) is 0 Å². The number of amides is 1. The molecule has 0 atom stereocenters. The molecule has 0 fully saturated rings. The lowest BCUT2D eigenvalue weighted by molar-refractivity contribution is -0.118. The molecule has 132 valence electrons. The molecule has 1 aromatic heterocycles. The summed E-state index contributed by atoms with van der Waals surface area (Å²) in [6.45, 7) is 4.10. The summed E-state index contributed by atoms with van der Waals surface area (Å²) in [6, 6.07) is 19.0. The number of pyridine rings is 1. The van der Waals surface area contributed by atoms with E-state index >= 15 is 0 Å². The number of hydrogen-bond donors (Lipinski definition) is 2. The Morgan fingerprint density at radius 2 is 1.73 bits per heavy atom. The Morgan fingerprint density at radius 3 is 2.42 bits per heavy atom. The van der Waals surface area contributed by atoms with Gasteiger partial charge in [0.15, 0.2) is 6.61 Å². The summed E-state index contributed by atoms with van der Waals surface area (Å²) in [5.41, 5.74) is 4.34. The number of nitrogens with one attached hydrogen (secondary N) is 2. The van der Waals surface area contributed by atoms with Crippen molar-refractivity contribution in [3.05, 3.63) is 78.0 Å². The zero-order valence-corrected chi connectivity index (χ0v) is 14.8. The summed E-state index contributed by atoms with van der Waals surface area (Å²) in [5.74, 6) is 0.886. The average molecular weight is 347 g/mol. The van der Waals surface area contributed by atoms with E-state index in [0.717, 1.165) is 11.4 Å². The second-order valence-electron chi connectivity index (χ2n) is 6.01. The van der Waals surface area contributed by atoms with Gasteiger partial charge in [-0.1, -0.05) is 24.3 Å². The van der Waals surface area contributed by atoms with E-state index in [2.05, 4.69) is 41.6 Å². The second-order valence-corrected chi connectivity index (χ2v) is 6.01. The third-order valence-corrected chi connectivity index (χ3v) is 3.94. The van der Waals surface area contributed by atoms with Crippen LogP contribution >= 0.6 is 0 Å². The fourth-order valence-corrected chi connectivity index (χ4v) is 2.37. The van der Waals surface area contributed by atoms with Crippen molar-refractivity contribution in [2.24, 2.45) is 0 Å². The molecule has 0 saturated carbocycles. The summed E-state index contributed by atoms with van der Waals surface area (Å²) in [5, 5.41) is 6.02. The zero-order valence-electron chi connectivity index (χ0n) is 14.8. The van der Waals surface area contributed by atoms with Crippen molar-refractivity contribution in [1.82, 2.24) is 4.98 Å². The second kappa shape index (κ2) is 8.16. The van der Waals surface area contributed by atoms with Gasteiger partial charge in [-0.3, -0.25) is 4.79 Å². The Bertz CT molecular complexity index is 878. The normalized spacial score (nSPS) is 10.2. The van der Waals surface area contributed by atoms with Gasteiger partial charge in [0, 0.05) is 5.69 Å². The van der Waals surface area contributed by atoms with Gasteiger partial charge in [-0.25, -0.2) is 4.98 Å². The molecule has 0 unspecified atom stereocenters. The number of carbonyl (C=O) groups excluding carboxylic acids is 1. The summed E-state index contributed by atoms with van der Waals surface area (Å²) < 4.78 is 5.41. The molecule has 0 radical (unpaired) electrons. The molecule has 2 N–H and O–H groups in total. The Balaban J connectivity index is 1.53. The van der Waals surface area contributed by atoms with E-state index in [9.17, 15) is 4.79 Å². The first-order valence-electron chi connectivity index (χ1n) is 8.38. The number of anilines is 3. The van der Waals surface area contributed by atoms with Crippen molar-refractivity contribution in [1.29, 1.82) is 0 Å². The summed E-state index contributed by atoms with van der Waals surface area (Å²) in [7, 11) is 0. The molecule has 0 spiro atoms. The number of rotatable bonds is 6. The van der Waals surface area contributed by atoms with Crippen LogP contribution in [0.5, 0.6) is 5.75 Å². The van der Waals surface area contributed by atoms with Gasteiger partial charge in [-0.05, 0) is 61.4 Å². The van der Waals surface area contributed by atoms with E-state index in [1.165, 1.54) is 11.1 Å². The molecule has 2 aromatic carbocycles. The van der Waals surface area contributed by atoms with E-state index in [-0.39, 0.29) is 12.5 Å². The molecule has 0 saturated heterocycles. The maximum atomic E-state index is 11.9. The number of carbonyl (C=O) groups is 1. The van der Waals surface area contributed by atoms with Gasteiger partial charge in [-0.2, -0.15) is 0 Å². The highest BCUT2D eigenvalue weighted by Crippen LogP contribution is 2.20. The highest BCUT2D eigenvalue weighted by molar-refractivity contribution is 5.91. The predicted octanol–water partition coefficient (Wildman–Crippen LogP) is 4.46. The van der Waals surface area contributed by atoms with E-state index in [4.69, 9.17) is 4.74 Å². The van der Waals surface area contributed by atoms with Crippen molar-refractivity contribution >= 4 is 23.1 Å². The molecule has 1 heterocycles. The van der Waals surface area contributed by atoms with Crippen LogP contribution in [-0.2, 0) is 4.79 Å². The van der Waals surface area contributed by atoms with Crippen LogP contribution < -0.4 is 15.4 Å². The minimum absolute atomic E-state index is 0.0612. The number of ether oxygens (including phenoxy) is 1. The summed E-state index contributed by atoms with van der Waals surface area (Å²) in [6.07, 6.45) is 1.68. The molecule has 1 amide bonds. The van der Waals surface area contributed by atoms with Gasteiger partial charge in [0.25, 0.3) is 5.91 Å². The predicted molar refractivity (Wildman–Crippen MR) is 104 cm³/mol. The molecule has 0 aliphatic rings. The van der Waals surface area contributed by atoms with Gasteiger partial charge >= 0.3 is 0 Å². The number of para-hydroxylation sites is 1. The number of nitrogens with zero attached hydrogens (tertiary/aromatic N) is 1. The van der Waals surface area contributed by atoms with Crippen LogP contribution in [-0.4, -0.2) is 17.5 Å². The van der Waals surface area contributed by atoms with Crippen molar-refractivity contribution in [2.45, 2.75) is 13.8 Å². The van der Waals surface area contributed by atoms with Gasteiger partial charge in [0.05, 0.1) is 11.9 Å². The molecule has 5 heteroatoms. The van der Waals surface area contributed by atoms with Crippen LogP contribution in [0.2, 0.25) is 0 Å². The third kappa shape index (κ3) is 4.83. The van der Waals surface area contributed by atoms with E-state index in [1.807, 2.05) is 30.3 Å². The van der Waals surface area contributed by atoms with Crippen LogP contribution in [0.1, 0.15) is 11.1 Å². The van der Waals surface area contributed by atoms with Crippen LogP contribution in [0, 0.1) is 13.8 Å². The molecule has 0 bridgehead atoms. The Morgan fingerprint density at radius 1 is 0.962 bits per heavy atom. The van der Waals surface area contributed by atoms with E-state index in [0.29, 0.717) is 11.6 Å². The minimum atomic E-state index is -0.253. The molecule has 0 aliphatic heterocycles. The summed E-state index contributed by atoms with van der Waals surface area (Å²) in [4.78, 5) is 16.2. The first-order valence-corrected chi connectivity index (χ1v) is 8.38. The maximum absolute atomic E-state index is 11.9. The highest BCUT2D eigenvalue weighted by Gasteiger charge is 2.05. The number of hydrogen-bond acceptors (Lipinski definition) is 4. The molecular weight excluding hydrogens is 326 g/mol. The average Bonchev–Trinajstić information content (AvgIpc) is 2.65. The molecule has 0 aliphatic carbocycles. The Hall–Kier alpha value is -3.34. The Labute approximate surface area is 153 Å². The van der Waals surface area contributed by atoms with E-state index < -0.39 is 0 Å². The van der Waals surface area contributed by atoms with E-state index in [1.54, 1.807) is 24.4 Å². The smallest absolute Gasteiger partial charge is 0.263 e. The first kappa shape index (κ1) is 17.5. The molecular formula is C21H21N3O2. The van der Waals surface area contributed by atoms with Crippen LogP contribution in [0.15, 0.2) is 66.9 Å². The summed E-state index contributed by atoms with van der Waals surface area (Å²) >= 11 is 0. The SMILES string of the molecule is Cc1ccc(Nc2ccc(NC(=O)COc3ccccc3)nc2)cc1C. The number of aryl methyl sites for hydroxylation is 2. The van der Waals surface area contributed by atoms with Crippen LogP contribution in [0.4, 0.5) is 17.2 Å². The Kier molecular flexibility index (Phi) is 5.49. The van der Waals surface area contributed by atoms with Crippen molar-refractivity contribution in [3.8, 4) is 5.75 Å². The zero-order chi connectivity index (χ0) is 18.4. The quantitative estimate of drug-likeness (QED) is 0.691.